The van der Waals surface area contributed by atoms with Gasteiger partial charge in [-0.15, -0.1) is 0 Å². The first-order chi connectivity index (χ1) is 16.9. The van der Waals surface area contributed by atoms with E-state index in [2.05, 4.69) is 10.6 Å². The van der Waals surface area contributed by atoms with Crippen LogP contribution in [0.1, 0.15) is 36.4 Å². The minimum Gasteiger partial charge on any atom is -0.464 e. The number of amides is 4. The molecule has 10 heteroatoms. The van der Waals surface area contributed by atoms with Crippen LogP contribution in [-0.2, 0) is 20.8 Å². The lowest BCUT2D eigenvalue weighted by Crippen LogP contribution is -2.62. The fourth-order valence-electron chi connectivity index (χ4n) is 3.91. The molecule has 2 aromatic carbocycles. The number of carbonyl (C=O) groups excluding carboxylic acids is 3. The Morgan fingerprint density at radius 2 is 1.71 bits per heavy atom. The Balaban J connectivity index is 1.65. The molecule has 0 aliphatic carbocycles. The average molecular weight is 478 g/mol. The van der Waals surface area contributed by atoms with Crippen molar-refractivity contribution in [1.29, 1.82) is 5.26 Å². The Kier molecular flexibility index (Phi) is 8.78. The smallest absolute Gasteiger partial charge is 0.426 e. The summed E-state index contributed by atoms with van der Waals surface area (Å²) in [5.41, 5.74) is 1.40. The van der Waals surface area contributed by atoms with Gasteiger partial charge in [0.2, 0.25) is 17.7 Å². The number of hydrogen-bond donors (Lipinski definition) is 3. The third-order valence-electron chi connectivity index (χ3n) is 5.60. The van der Waals surface area contributed by atoms with Gasteiger partial charge in [0.15, 0.2) is 0 Å². The van der Waals surface area contributed by atoms with Crippen molar-refractivity contribution in [3.05, 3.63) is 71.8 Å². The van der Waals surface area contributed by atoms with Crippen molar-refractivity contribution >= 4 is 23.8 Å². The molecule has 0 aromatic heterocycles. The molecule has 0 bridgehead atoms. The highest BCUT2D eigenvalue weighted by molar-refractivity contribution is 5.89. The Bertz CT molecular complexity index is 1090. The highest BCUT2D eigenvalue weighted by Crippen LogP contribution is 2.21. The van der Waals surface area contributed by atoms with Crippen LogP contribution in [0.5, 0.6) is 0 Å². The second-order valence-corrected chi connectivity index (χ2v) is 8.05. The molecule has 3 rings (SSSR count). The maximum absolute atomic E-state index is 13.1. The Morgan fingerprint density at radius 1 is 1.06 bits per heavy atom. The fourth-order valence-corrected chi connectivity index (χ4v) is 3.91. The van der Waals surface area contributed by atoms with Crippen molar-refractivity contribution in [2.45, 2.75) is 37.8 Å². The molecule has 2 aromatic rings. The first kappa shape index (κ1) is 25.2. The molecule has 10 nitrogen and oxygen atoms in total. The monoisotopic (exact) mass is 477 g/mol. The van der Waals surface area contributed by atoms with Gasteiger partial charge in [0.05, 0.1) is 12.5 Å². The fraction of sp³-hybridized carbons (Fsp3) is 0.320. The van der Waals surface area contributed by atoms with Gasteiger partial charge < -0.3 is 15.7 Å². The lowest BCUT2D eigenvalue weighted by Gasteiger charge is -2.41. The van der Waals surface area contributed by atoms with Crippen molar-refractivity contribution in [3.63, 3.8) is 0 Å². The van der Waals surface area contributed by atoms with Gasteiger partial charge in [0.1, 0.15) is 12.1 Å². The predicted octanol–water partition coefficient (Wildman–Crippen LogP) is 2.00. The van der Waals surface area contributed by atoms with E-state index in [9.17, 15) is 29.5 Å². The molecule has 0 saturated carbocycles. The van der Waals surface area contributed by atoms with Crippen molar-refractivity contribution in [2.24, 2.45) is 0 Å². The standard InChI is InChI=1S/C25H27N5O5/c26-17-20(19-10-5-2-6-11-19)28-24(33)21-12-7-15-29(25(34)35)30(21)23(32)13-14-27-22(31)16-18-8-3-1-4-9-18/h1-6,8-11,20-21H,7,12-16H2,(H,27,31)(H,28,33)(H,34,35)/t20?,21-/m0/s1. The number of carboxylic acid groups (broad SMARTS) is 1. The van der Waals surface area contributed by atoms with Gasteiger partial charge in [-0.1, -0.05) is 60.7 Å². The molecule has 0 radical (unpaired) electrons. The zero-order valence-electron chi connectivity index (χ0n) is 19.1. The summed E-state index contributed by atoms with van der Waals surface area (Å²) < 4.78 is 0. The quantitative estimate of drug-likeness (QED) is 0.531. The highest BCUT2D eigenvalue weighted by atomic mass is 16.4. The van der Waals surface area contributed by atoms with E-state index >= 15 is 0 Å². The summed E-state index contributed by atoms with van der Waals surface area (Å²) in [5.74, 6) is -1.50. The average Bonchev–Trinajstić information content (AvgIpc) is 2.87. The van der Waals surface area contributed by atoms with Crippen molar-refractivity contribution in [2.75, 3.05) is 13.1 Å². The van der Waals surface area contributed by atoms with E-state index in [1.807, 2.05) is 36.4 Å². The summed E-state index contributed by atoms with van der Waals surface area (Å²) in [6.45, 7) is 0.0548. The van der Waals surface area contributed by atoms with Gasteiger partial charge in [-0.25, -0.2) is 14.8 Å². The lowest BCUT2D eigenvalue weighted by atomic mass is 10.0. The van der Waals surface area contributed by atoms with Crippen LogP contribution in [-0.4, -0.2) is 58.1 Å². The first-order valence-electron chi connectivity index (χ1n) is 11.3. The van der Waals surface area contributed by atoms with E-state index in [1.54, 1.807) is 30.3 Å². The van der Waals surface area contributed by atoms with Crippen molar-refractivity contribution in [1.82, 2.24) is 20.7 Å². The zero-order chi connectivity index (χ0) is 25.2. The number of hydrazine groups is 1. The van der Waals surface area contributed by atoms with Gasteiger partial charge >= 0.3 is 6.09 Å². The van der Waals surface area contributed by atoms with Crippen LogP contribution in [0.2, 0.25) is 0 Å². The van der Waals surface area contributed by atoms with E-state index in [0.717, 1.165) is 15.6 Å². The number of carbonyl (C=O) groups is 4. The maximum atomic E-state index is 13.1. The lowest BCUT2D eigenvalue weighted by molar-refractivity contribution is -0.162. The third-order valence-corrected chi connectivity index (χ3v) is 5.60. The van der Waals surface area contributed by atoms with E-state index < -0.39 is 30.0 Å². The first-order valence-corrected chi connectivity index (χ1v) is 11.3. The second-order valence-electron chi connectivity index (χ2n) is 8.05. The van der Waals surface area contributed by atoms with Crippen LogP contribution in [0.4, 0.5) is 4.79 Å². The molecular weight excluding hydrogens is 450 g/mol. The third kappa shape index (κ3) is 6.80. The Hall–Kier alpha value is -4.39. The van der Waals surface area contributed by atoms with Gasteiger partial charge in [0.25, 0.3) is 0 Å². The topological polar surface area (TPSA) is 143 Å². The largest absolute Gasteiger partial charge is 0.464 e. The molecule has 1 unspecified atom stereocenters. The van der Waals surface area contributed by atoms with E-state index in [1.165, 1.54) is 0 Å². The molecule has 1 aliphatic rings. The van der Waals surface area contributed by atoms with E-state index in [4.69, 9.17) is 0 Å². The van der Waals surface area contributed by atoms with Gasteiger partial charge in [0, 0.05) is 19.5 Å². The summed E-state index contributed by atoms with van der Waals surface area (Å²) in [5, 5.41) is 26.2. The normalized spacial score (nSPS) is 16.0. The van der Waals surface area contributed by atoms with Gasteiger partial charge in [-0.05, 0) is 24.0 Å². The van der Waals surface area contributed by atoms with E-state index in [-0.39, 0.29) is 38.3 Å². The molecule has 1 fully saturated rings. The number of nitrogens with zero attached hydrogens (tertiary/aromatic N) is 3. The molecule has 1 saturated heterocycles. The van der Waals surface area contributed by atoms with Crippen LogP contribution in [0, 0.1) is 11.3 Å². The van der Waals surface area contributed by atoms with Gasteiger partial charge in [-0.2, -0.15) is 5.26 Å². The highest BCUT2D eigenvalue weighted by Gasteiger charge is 2.40. The molecular formula is C25H27N5O5. The second kappa shape index (κ2) is 12.2. The Labute approximate surface area is 203 Å². The van der Waals surface area contributed by atoms with Crippen LogP contribution < -0.4 is 10.6 Å². The summed E-state index contributed by atoms with van der Waals surface area (Å²) in [6.07, 6.45) is -0.767. The minimum atomic E-state index is -1.36. The molecule has 1 aliphatic heterocycles. The molecule has 182 valence electrons. The SMILES string of the molecule is N#CC(NC(=O)[C@@H]1CCCN(C(=O)O)N1C(=O)CCNC(=O)Cc1ccccc1)c1ccccc1. The maximum Gasteiger partial charge on any atom is 0.426 e. The summed E-state index contributed by atoms with van der Waals surface area (Å²) >= 11 is 0. The number of nitriles is 1. The zero-order valence-corrected chi connectivity index (χ0v) is 19.1. The van der Waals surface area contributed by atoms with Crippen LogP contribution in [0.3, 0.4) is 0 Å². The molecule has 2 atom stereocenters. The predicted molar refractivity (Wildman–Crippen MR) is 125 cm³/mol. The molecule has 0 spiro atoms. The molecule has 3 N–H and O–H groups in total. The number of nitrogens with one attached hydrogen (secondary N) is 2. The van der Waals surface area contributed by atoms with E-state index in [0.29, 0.717) is 12.0 Å². The molecule has 1 heterocycles. The van der Waals surface area contributed by atoms with Gasteiger partial charge in [-0.3, -0.25) is 14.4 Å². The number of rotatable bonds is 8. The summed E-state index contributed by atoms with van der Waals surface area (Å²) in [6, 6.07) is 17.7. The van der Waals surface area contributed by atoms with Crippen LogP contribution >= 0.6 is 0 Å². The number of hydrogen-bond acceptors (Lipinski definition) is 5. The van der Waals surface area contributed by atoms with Crippen molar-refractivity contribution in [3.8, 4) is 6.07 Å². The summed E-state index contributed by atoms with van der Waals surface area (Å²) in [4.78, 5) is 50.1. The summed E-state index contributed by atoms with van der Waals surface area (Å²) in [7, 11) is 0. The minimum absolute atomic E-state index is 0.00632. The Morgan fingerprint density at radius 3 is 2.34 bits per heavy atom. The molecule has 4 amide bonds. The van der Waals surface area contributed by atoms with Crippen LogP contribution in [0.25, 0.3) is 0 Å². The van der Waals surface area contributed by atoms with Crippen LogP contribution in [0.15, 0.2) is 60.7 Å². The molecule has 35 heavy (non-hydrogen) atoms. The van der Waals surface area contributed by atoms with Crippen molar-refractivity contribution < 1.29 is 24.3 Å². The number of benzene rings is 2.